The van der Waals surface area contributed by atoms with Crippen LogP contribution in [0.2, 0.25) is 0 Å². The van der Waals surface area contributed by atoms with Gasteiger partial charge in [0.2, 0.25) is 0 Å². The van der Waals surface area contributed by atoms with Crippen LogP contribution in [-0.4, -0.2) is 24.7 Å². The molecule has 0 unspecified atom stereocenters. The Kier molecular flexibility index (Phi) is 5.46. The first kappa shape index (κ1) is 20.5. The number of nitrogens with two attached hydrogens (primary N) is 1. The summed E-state index contributed by atoms with van der Waals surface area (Å²) in [4.78, 5) is 33.4. The van der Waals surface area contributed by atoms with E-state index >= 15 is 0 Å². The number of nitrogens with zero attached hydrogens (tertiary/aromatic N) is 5. The van der Waals surface area contributed by atoms with E-state index in [1.54, 1.807) is 6.92 Å². The summed E-state index contributed by atoms with van der Waals surface area (Å²) < 4.78 is 0.876. The van der Waals surface area contributed by atoms with Crippen LogP contribution in [0.15, 0.2) is 57.5 Å². The molecule has 0 saturated heterocycles. The number of thiocarbonyl (C=S) groups is 1. The minimum atomic E-state index is -0.692. The molecule has 13 heteroatoms. The number of benzene rings is 2. The number of aryl methyl sites for hydroxylation is 1. The molecule has 30 heavy (non-hydrogen) atoms. The lowest BCUT2D eigenvalue weighted by Gasteiger charge is -2.00. The smallest absolute Gasteiger partial charge is 0.301 e. The summed E-state index contributed by atoms with van der Waals surface area (Å²) in [6, 6.07) is 9.43. The standard InChI is InChI=1S/C17H13N7O5S/c1-9-2-5-12(24(28)29)8-13(9)19-20-15-14(21-22(16(15)25)17(18)30)10-3-6-11(7-4-10)23(26)27/h2-8,21H,1H3,(H2,18,30). The molecule has 0 fully saturated rings. The van der Waals surface area contributed by atoms with Gasteiger partial charge < -0.3 is 5.73 Å². The largest absolute Gasteiger partial charge is 0.374 e. The van der Waals surface area contributed by atoms with Crippen LogP contribution < -0.4 is 11.3 Å². The third-order valence-corrected chi connectivity index (χ3v) is 4.30. The Morgan fingerprint density at radius 3 is 2.23 bits per heavy atom. The first-order valence-electron chi connectivity index (χ1n) is 8.25. The molecule has 2 aromatic carbocycles. The van der Waals surface area contributed by atoms with Crippen LogP contribution in [0.5, 0.6) is 0 Å². The Hall–Kier alpha value is -4.26. The average Bonchev–Trinajstić information content (AvgIpc) is 3.03. The maximum absolute atomic E-state index is 12.7. The van der Waals surface area contributed by atoms with E-state index in [9.17, 15) is 25.0 Å². The van der Waals surface area contributed by atoms with Gasteiger partial charge in [0.15, 0.2) is 10.8 Å². The van der Waals surface area contributed by atoms with E-state index in [-0.39, 0.29) is 33.6 Å². The third kappa shape index (κ3) is 3.95. The van der Waals surface area contributed by atoms with Gasteiger partial charge >= 0.3 is 5.56 Å². The SMILES string of the molecule is Cc1ccc([N+](=O)[O-])cc1N=Nc1c(-c2ccc([N+](=O)[O-])cc2)[nH]n(C(N)=S)c1=O. The summed E-state index contributed by atoms with van der Waals surface area (Å²) in [5, 5.41) is 32.2. The molecule has 0 spiro atoms. The molecule has 0 aliphatic heterocycles. The summed E-state index contributed by atoms with van der Waals surface area (Å²) >= 11 is 4.84. The lowest BCUT2D eigenvalue weighted by atomic mass is 10.1. The van der Waals surface area contributed by atoms with E-state index in [0.29, 0.717) is 11.1 Å². The quantitative estimate of drug-likeness (QED) is 0.271. The van der Waals surface area contributed by atoms with Crippen molar-refractivity contribution >= 4 is 40.1 Å². The van der Waals surface area contributed by atoms with E-state index in [1.165, 1.54) is 42.5 Å². The molecular formula is C17H13N7O5S. The lowest BCUT2D eigenvalue weighted by molar-refractivity contribution is -0.385. The van der Waals surface area contributed by atoms with Crippen molar-refractivity contribution in [2.75, 3.05) is 0 Å². The predicted molar refractivity (Wildman–Crippen MR) is 111 cm³/mol. The summed E-state index contributed by atoms with van der Waals surface area (Å²) in [7, 11) is 0. The molecule has 0 aliphatic carbocycles. The third-order valence-electron chi connectivity index (χ3n) is 4.11. The van der Waals surface area contributed by atoms with Crippen molar-refractivity contribution in [2.45, 2.75) is 6.92 Å². The van der Waals surface area contributed by atoms with Crippen LogP contribution in [0.3, 0.4) is 0 Å². The number of non-ortho nitro benzene ring substituents is 2. The topological polar surface area (TPSA) is 175 Å². The maximum atomic E-state index is 12.7. The van der Waals surface area contributed by atoms with Gasteiger partial charge in [0, 0.05) is 29.8 Å². The van der Waals surface area contributed by atoms with Crippen molar-refractivity contribution in [3.8, 4) is 11.3 Å². The van der Waals surface area contributed by atoms with E-state index < -0.39 is 15.4 Å². The zero-order valence-corrected chi connectivity index (χ0v) is 16.1. The summed E-state index contributed by atoms with van der Waals surface area (Å²) in [5.41, 5.74) is 5.75. The average molecular weight is 427 g/mol. The molecule has 152 valence electrons. The monoisotopic (exact) mass is 427 g/mol. The van der Waals surface area contributed by atoms with Crippen LogP contribution in [0, 0.1) is 27.2 Å². The number of H-pyrrole nitrogens is 1. The van der Waals surface area contributed by atoms with Gasteiger partial charge in [-0.25, -0.2) is 0 Å². The first-order valence-corrected chi connectivity index (χ1v) is 8.66. The van der Waals surface area contributed by atoms with Gasteiger partial charge in [-0.3, -0.25) is 30.1 Å². The summed E-state index contributed by atoms with van der Waals surface area (Å²) in [6.07, 6.45) is 0. The van der Waals surface area contributed by atoms with Gasteiger partial charge in [0.1, 0.15) is 0 Å². The number of aromatic nitrogens is 2. The molecule has 1 aromatic heterocycles. The zero-order chi connectivity index (χ0) is 22.0. The molecular weight excluding hydrogens is 414 g/mol. The number of nitro groups is 2. The highest BCUT2D eigenvalue weighted by Crippen LogP contribution is 2.30. The number of aromatic amines is 1. The number of nitro benzene ring substituents is 2. The van der Waals surface area contributed by atoms with Gasteiger partial charge in [-0.1, -0.05) is 6.07 Å². The number of azo groups is 1. The van der Waals surface area contributed by atoms with Crippen molar-refractivity contribution in [1.82, 2.24) is 9.78 Å². The Balaban J connectivity index is 2.12. The van der Waals surface area contributed by atoms with E-state index in [0.717, 1.165) is 4.68 Å². The molecule has 0 bridgehead atoms. The molecule has 3 N–H and O–H groups in total. The van der Waals surface area contributed by atoms with Crippen molar-refractivity contribution < 1.29 is 9.85 Å². The van der Waals surface area contributed by atoms with Crippen molar-refractivity contribution in [1.29, 1.82) is 0 Å². The van der Waals surface area contributed by atoms with E-state index in [2.05, 4.69) is 15.3 Å². The van der Waals surface area contributed by atoms with Gasteiger partial charge in [-0.2, -0.15) is 4.68 Å². The molecule has 0 saturated carbocycles. The number of hydrogen-bond donors (Lipinski definition) is 2. The molecule has 0 atom stereocenters. The Morgan fingerprint density at radius 2 is 1.67 bits per heavy atom. The Labute approximate surface area is 172 Å². The van der Waals surface area contributed by atoms with Gasteiger partial charge in [-0.05, 0) is 36.8 Å². The molecule has 0 radical (unpaired) electrons. The van der Waals surface area contributed by atoms with Crippen LogP contribution in [0.4, 0.5) is 22.7 Å². The fourth-order valence-corrected chi connectivity index (χ4v) is 2.68. The maximum Gasteiger partial charge on any atom is 0.301 e. The second kappa shape index (κ2) is 8.00. The normalized spacial score (nSPS) is 11.0. The minimum Gasteiger partial charge on any atom is -0.374 e. The van der Waals surface area contributed by atoms with Gasteiger partial charge in [0.05, 0.1) is 21.2 Å². The Morgan fingerprint density at radius 1 is 1.07 bits per heavy atom. The van der Waals surface area contributed by atoms with Crippen molar-refractivity contribution in [2.24, 2.45) is 16.0 Å². The van der Waals surface area contributed by atoms with Crippen LogP contribution >= 0.6 is 12.2 Å². The van der Waals surface area contributed by atoms with Crippen LogP contribution in [0.25, 0.3) is 11.3 Å². The summed E-state index contributed by atoms with van der Waals surface area (Å²) in [6.45, 7) is 1.68. The second-order valence-corrected chi connectivity index (χ2v) is 6.46. The highest BCUT2D eigenvalue weighted by atomic mass is 32.1. The van der Waals surface area contributed by atoms with E-state index in [4.69, 9.17) is 18.0 Å². The van der Waals surface area contributed by atoms with Gasteiger partial charge in [-0.15, -0.1) is 10.2 Å². The van der Waals surface area contributed by atoms with Crippen molar-refractivity contribution in [3.05, 3.63) is 78.6 Å². The minimum absolute atomic E-state index is 0.134. The fraction of sp³-hybridized carbons (Fsp3) is 0.0588. The highest BCUT2D eigenvalue weighted by molar-refractivity contribution is 7.80. The first-order chi connectivity index (χ1) is 14.2. The molecule has 3 rings (SSSR count). The van der Waals surface area contributed by atoms with Gasteiger partial charge in [0.25, 0.3) is 11.4 Å². The number of nitrogens with one attached hydrogen (secondary N) is 1. The van der Waals surface area contributed by atoms with Crippen molar-refractivity contribution in [3.63, 3.8) is 0 Å². The molecule has 3 aromatic rings. The Bertz CT molecular complexity index is 1260. The molecule has 12 nitrogen and oxygen atoms in total. The van der Waals surface area contributed by atoms with Crippen LogP contribution in [0.1, 0.15) is 5.56 Å². The lowest BCUT2D eigenvalue weighted by Crippen LogP contribution is -2.29. The van der Waals surface area contributed by atoms with Crippen LogP contribution in [-0.2, 0) is 0 Å². The second-order valence-electron chi connectivity index (χ2n) is 6.05. The zero-order valence-electron chi connectivity index (χ0n) is 15.3. The predicted octanol–water partition coefficient (Wildman–Crippen LogP) is 3.48. The van der Waals surface area contributed by atoms with E-state index in [1.807, 2.05) is 0 Å². The fourth-order valence-electron chi connectivity index (χ4n) is 2.55. The number of rotatable bonds is 5. The summed E-state index contributed by atoms with van der Waals surface area (Å²) in [5.74, 6) is 0. The molecule has 0 aliphatic rings. The molecule has 0 amide bonds. The highest BCUT2D eigenvalue weighted by Gasteiger charge is 2.18. The number of hydrogen-bond acceptors (Lipinski definition) is 8. The molecule has 1 heterocycles.